The lowest BCUT2D eigenvalue weighted by atomic mass is 10.1. The first-order valence-electron chi connectivity index (χ1n) is 8.68. The molecule has 0 spiro atoms. The Balaban J connectivity index is 2.05. The molecule has 0 amide bonds. The van der Waals surface area contributed by atoms with E-state index in [0.29, 0.717) is 5.75 Å². The van der Waals surface area contributed by atoms with E-state index < -0.39 is 16.0 Å². The number of nitrogens with zero attached hydrogens (tertiary/aromatic N) is 1. The average Bonchev–Trinajstić information content (AvgIpc) is 2.61. The van der Waals surface area contributed by atoms with E-state index in [4.69, 9.17) is 9.47 Å². The third-order valence-electron chi connectivity index (χ3n) is 3.92. The maximum Gasteiger partial charge on any atom is 0.338 e. The molecule has 0 aliphatic heterocycles. The van der Waals surface area contributed by atoms with Gasteiger partial charge in [0.2, 0.25) is 10.0 Å². The fourth-order valence-corrected chi connectivity index (χ4v) is 3.81. The van der Waals surface area contributed by atoms with Crippen LogP contribution in [0.5, 0.6) is 5.75 Å². The van der Waals surface area contributed by atoms with E-state index in [1.54, 1.807) is 6.92 Å². The number of benzene rings is 2. The van der Waals surface area contributed by atoms with E-state index in [0.717, 1.165) is 11.1 Å². The Labute approximate surface area is 160 Å². The zero-order chi connectivity index (χ0) is 20.0. The number of carbonyl (C=O) groups is 1. The molecule has 0 saturated heterocycles. The van der Waals surface area contributed by atoms with Gasteiger partial charge in [0.15, 0.2) is 0 Å². The van der Waals surface area contributed by atoms with Gasteiger partial charge in [0.05, 0.1) is 17.1 Å². The van der Waals surface area contributed by atoms with Gasteiger partial charge in [0, 0.05) is 13.6 Å². The topological polar surface area (TPSA) is 72.9 Å². The van der Waals surface area contributed by atoms with E-state index in [2.05, 4.69) is 0 Å². The lowest BCUT2D eigenvalue weighted by Gasteiger charge is -2.18. The van der Waals surface area contributed by atoms with Crippen LogP contribution >= 0.6 is 0 Å². The van der Waals surface area contributed by atoms with Gasteiger partial charge in [-0.05, 0) is 62.2 Å². The quantitative estimate of drug-likeness (QED) is 0.646. The Bertz CT molecular complexity index is 888. The molecule has 2 aromatic rings. The highest BCUT2D eigenvalue weighted by molar-refractivity contribution is 7.89. The summed E-state index contributed by atoms with van der Waals surface area (Å²) in [7, 11) is -2.25. The molecule has 0 aromatic heterocycles. The third kappa shape index (κ3) is 5.55. The van der Waals surface area contributed by atoms with Crippen LogP contribution in [0.25, 0.3) is 0 Å². The minimum absolute atomic E-state index is 0.0435. The molecule has 0 unspecified atom stereocenters. The van der Waals surface area contributed by atoms with Crippen LogP contribution in [0.3, 0.4) is 0 Å². The standard InChI is InChI=1S/C20H25NO5S/c1-5-25-20(22)17-7-6-8-19(14-17)27(23,24)21(4)9-10-26-18-12-15(2)11-16(3)13-18/h6-8,11-14H,5,9-10H2,1-4H3. The number of likely N-dealkylation sites (N-methyl/N-ethyl adjacent to an activating group) is 1. The van der Waals surface area contributed by atoms with Gasteiger partial charge < -0.3 is 9.47 Å². The lowest BCUT2D eigenvalue weighted by molar-refractivity contribution is 0.0526. The predicted molar refractivity (Wildman–Crippen MR) is 104 cm³/mol. The van der Waals surface area contributed by atoms with Crippen LogP contribution in [0.1, 0.15) is 28.4 Å². The van der Waals surface area contributed by atoms with Gasteiger partial charge in [-0.1, -0.05) is 12.1 Å². The number of ether oxygens (including phenoxy) is 2. The summed E-state index contributed by atoms with van der Waals surface area (Å²) in [5.74, 6) is 0.165. The first-order valence-corrected chi connectivity index (χ1v) is 10.1. The van der Waals surface area contributed by atoms with Gasteiger partial charge in [-0.3, -0.25) is 0 Å². The summed E-state index contributed by atoms with van der Waals surface area (Å²) < 4.78 is 37.3. The first kappa shape index (κ1) is 20.9. The fraction of sp³-hybridized carbons (Fsp3) is 0.350. The second-order valence-corrected chi connectivity index (χ2v) is 8.29. The molecule has 0 radical (unpaired) electrons. The Morgan fingerprint density at radius 2 is 1.74 bits per heavy atom. The van der Waals surface area contributed by atoms with Gasteiger partial charge in [-0.2, -0.15) is 4.31 Å². The molecule has 0 saturated carbocycles. The average molecular weight is 391 g/mol. The molecule has 7 heteroatoms. The van der Waals surface area contributed by atoms with Crippen molar-refractivity contribution in [3.8, 4) is 5.75 Å². The fourth-order valence-electron chi connectivity index (χ4n) is 2.61. The monoisotopic (exact) mass is 391 g/mol. The van der Waals surface area contributed by atoms with E-state index in [1.807, 2.05) is 32.0 Å². The highest BCUT2D eigenvalue weighted by Crippen LogP contribution is 2.18. The molecule has 2 aromatic carbocycles. The minimum atomic E-state index is -3.74. The van der Waals surface area contributed by atoms with Crippen molar-refractivity contribution >= 4 is 16.0 Å². The largest absolute Gasteiger partial charge is 0.492 e. The normalized spacial score (nSPS) is 11.4. The Kier molecular flexibility index (Phi) is 6.98. The SMILES string of the molecule is CCOC(=O)c1cccc(S(=O)(=O)N(C)CCOc2cc(C)cc(C)c2)c1. The van der Waals surface area contributed by atoms with Crippen LogP contribution in [0.4, 0.5) is 0 Å². The van der Waals surface area contributed by atoms with Gasteiger partial charge in [0.25, 0.3) is 0 Å². The lowest BCUT2D eigenvalue weighted by Crippen LogP contribution is -2.31. The van der Waals surface area contributed by atoms with Gasteiger partial charge in [-0.15, -0.1) is 0 Å². The maximum atomic E-state index is 12.7. The summed E-state index contributed by atoms with van der Waals surface area (Å²) in [5, 5.41) is 0. The van der Waals surface area contributed by atoms with Crippen LogP contribution in [-0.4, -0.2) is 45.5 Å². The second-order valence-electron chi connectivity index (χ2n) is 6.25. The number of hydrogen-bond acceptors (Lipinski definition) is 5. The van der Waals surface area contributed by atoms with Crippen molar-refractivity contribution < 1.29 is 22.7 Å². The van der Waals surface area contributed by atoms with Crippen LogP contribution in [0.2, 0.25) is 0 Å². The van der Waals surface area contributed by atoms with Crippen molar-refractivity contribution in [1.82, 2.24) is 4.31 Å². The predicted octanol–water partition coefficient (Wildman–Crippen LogP) is 3.18. The van der Waals surface area contributed by atoms with Crippen molar-refractivity contribution in [2.24, 2.45) is 0 Å². The summed E-state index contributed by atoms with van der Waals surface area (Å²) in [4.78, 5) is 11.9. The number of sulfonamides is 1. The number of rotatable bonds is 8. The number of esters is 1. The summed E-state index contributed by atoms with van der Waals surface area (Å²) >= 11 is 0. The molecule has 146 valence electrons. The number of hydrogen-bond donors (Lipinski definition) is 0. The molecular weight excluding hydrogens is 366 g/mol. The van der Waals surface area contributed by atoms with Crippen molar-refractivity contribution in [2.75, 3.05) is 26.8 Å². The molecule has 0 bridgehead atoms. The van der Waals surface area contributed by atoms with Gasteiger partial charge in [-0.25, -0.2) is 13.2 Å². The van der Waals surface area contributed by atoms with Crippen LogP contribution in [0.15, 0.2) is 47.4 Å². The summed E-state index contributed by atoms with van der Waals surface area (Å²) in [6.45, 7) is 6.28. The van der Waals surface area contributed by atoms with Crippen molar-refractivity contribution in [1.29, 1.82) is 0 Å². The van der Waals surface area contributed by atoms with Crippen LogP contribution in [-0.2, 0) is 14.8 Å². The highest BCUT2D eigenvalue weighted by atomic mass is 32.2. The molecular formula is C20H25NO5S. The van der Waals surface area contributed by atoms with Crippen molar-refractivity contribution in [3.63, 3.8) is 0 Å². The molecule has 0 aliphatic rings. The highest BCUT2D eigenvalue weighted by Gasteiger charge is 2.22. The van der Waals surface area contributed by atoms with E-state index in [-0.39, 0.29) is 30.2 Å². The van der Waals surface area contributed by atoms with Crippen molar-refractivity contribution in [2.45, 2.75) is 25.7 Å². The van der Waals surface area contributed by atoms with E-state index >= 15 is 0 Å². The molecule has 27 heavy (non-hydrogen) atoms. The van der Waals surface area contributed by atoms with Crippen molar-refractivity contribution in [3.05, 3.63) is 59.2 Å². The molecule has 0 aliphatic carbocycles. The van der Waals surface area contributed by atoms with E-state index in [9.17, 15) is 13.2 Å². The minimum Gasteiger partial charge on any atom is -0.492 e. The zero-order valence-corrected chi connectivity index (χ0v) is 16.9. The number of carbonyl (C=O) groups excluding carboxylic acids is 1. The van der Waals surface area contributed by atoms with Gasteiger partial charge in [0.1, 0.15) is 12.4 Å². The second kappa shape index (κ2) is 9.01. The summed E-state index contributed by atoms with van der Waals surface area (Å²) in [5.41, 5.74) is 2.38. The Morgan fingerprint density at radius 1 is 1.07 bits per heavy atom. The molecule has 0 N–H and O–H groups in total. The van der Waals surface area contributed by atoms with Crippen LogP contribution in [0, 0.1) is 13.8 Å². The van der Waals surface area contributed by atoms with Gasteiger partial charge >= 0.3 is 5.97 Å². The smallest absolute Gasteiger partial charge is 0.338 e. The maximum absolute atomic E-state index is 12.7. The molecule has 0 atom stereocenters. The first-order chi connectivity index (χ1) is 12.7. The zero-order valence-electron chi connectivity index (χ0n) is 16.1. The molecule has 0 heterocycles. The molecule has 0 fully saturated rings. The summed E-state index contributed by atoms with van der Waals surface area (Å²) in [6.07, 6.45) is 0. The number of aryl methyl sites for hydroxylation is 2. The third-order valence-corrected chi connectivity index (χ3v) is 5.78. The Hall–Kier alpha value is -2.38. The van der Waals surface area contributed by atoms with Crippen LogP contribution < -0.4 is 4.74 Å². The summed E-state index contributed by atoms with van der Waals surface area (Å²) in [6, 6.07) is 11.7. The van der Waals surface area contributed by atoms with E-state index in [1.165, 1.54) is 35.6 Å². The molecule has 6 nitrogen and oxygen atoms in total. The molecule has 2 rings (SSSR count). The Morgan fingerprint density at radius 3 is 2.37 bits per heavy atom.